The van der Waals surface area contributed by atoms with Crippen LogP contribution in [0.15, 0.2) is 182 Å². The van der Waals surface area contributed by atoms with Crippen molar-refractivity contribution in [2.45, 2.75) is 62.4 Å². The summed E-state index contributed by atoms with van der Waals surface area (Å²) in [6, 6.07) is 26.2. The third-order valence-corrected chi connectivity index (χ3v) is 14.1. The summed E-state index contributed by atoms with van der Waals surface area (Å²) in [5, 5.41) is 4.86. The lowest BCUT2D eigenvalue weighted by atomic mass is 9.12. The van der Waals surface area contributed by atoms with Crippen molar-refractivity contribution in [2.75, 3.05) is 0 Å². The molecule has 0 aliphatic rings. The molecule has 0 saturated carbocycles. The van der Waals surface area contributed by atoms with E-state index in [-0.39, 0.29) is 5.78 Å². The van der Waals surface area contributed by atoms with Crippen LogP contribution in [-0.2, 0) is 62.4 Å². The first kappa shape index (κ1) is 64.5. The summed E-state index contributed by atoms with van der Waals surface area (Å²) in [4.78, 5) is 12.9. The Balaban J connectivity index is 0.000000271. The summed E-state index contributed by atoms with van der Waals surface area (Å²) in [6.07, 6.45) is -52.0. The first-order valence-electron chi connectivity index (χ1n) is 24.9. The van der Waals surface area contributed by atoms with Crippen molar-refractivity contribution in [1.29, 1.82) is 0 Å². The number of hydrogen-bond acceptors (Lipinski definition) is 1. The Hall–Kier alpha value is -8.52. The van der Waals surface area contributed by atoms with Gasteiger partial charge >= 0.3 is 49.4 Å². The fourth-order valence-electron chi connectivity index (χ4n) is 10.1. The highest BCUT2D eigenvalue weighted by molar-refractivity contribution is 7.20. The molecule has 0 amide bonds. The van der Waals surface area contributed by atoms with Crippen molar-refractivity contribution in [3.63, 3.8) is 0 Å². The standard InChI is InChI=1S/C32H12BF24.C28H22NO/c34-25(35,36)13-1-14(26(37,38)39)6-21(5-13)33(22-7-15(27(40,41)42)2-16(8-22)28(43,44)45,23-9-17(29(46,47)48)3-18(10-23)30(49,50)51)24-11-19(31(52,53)54)4-20(12-24)32(55,56)57;30-28(24-10-2-1-3-11-24)20-29-17-16-23-9-6-7-13-26(23)27(29)19-21-14-15-22-8-4-5-12-25(22)18-21/h1-12H;1-18H,19-20H2/q-1;+1. The van der Waals surface area contributed by atoms with Crippen molar-refractivity contribution in [2.24, 2.45) is 0 Å². The second-order valence-electron chi connectivity index (χ2n) is 19.8. The molecule has 0 fully saturated rings. The molecule has 0 N–H and O–H groups in total. The maximum absolute atomic E-state index is 14.2. The van der Waals surface area contributed by atoms with Crippen LogP contribution in [-0.4, -0.2) is 11.9 Å². The summed E-state index contributed by atoms with van der Waals surface area (Å²) in [6.45, 7) is 0.331. The zero-order valence-electron chi connectivity index (χ0n) is 43.2. The van der Waals surface area contributed by atoms with Gasteiger partial charge in [-0.1, -0.05) is 140 Å². The van der Waals surface area contributed by atoms with E-state index in [9.17, 15) is 110 Å². The summed E-state index contributed by atoms with van der Waals surface area (Å²) in [5.41, 5.74) is -27.1. The molecule has 456 valence electrons. The van der Waals surface area contributed by atoms with Crippen LogP contribution < -0.4 is 26.4 Å². The molecule has 8 aromatic carbocycles. The summed E-state index contributed by atoms with van der Waals surface area (Å²) in [5.74, 6) is 0.121. The topological polar surface area (TPSA) is 20.9 Å². The largest absolute Gasteiger partial charge is 0.416 e. The van der Waals surface area contributed by atoms with E-state index in [0.717, 1.165) is 17.7 Å². The van der Waals surface area contributed by atoms with E-state index in [4.69, 9.17) is 0 Å². The summed E-state index contributed by atoms with van der Waals surface area (Å²) < 4.78 is 343. The average Bonchev–Trinajstić information content (AvgIpc) is 0.761. The lowest BCUT2D eigenvalue weighted by Gasteiger charge is -2.46. The van der Waals surface area contributed by atoms with Gasteiger partial charge < -0.3 is 0 Å². The fourth-order valence-corrected chi connectivity index (χ4v) is 10.1. The minimum Gasteiger partial charge on any atom is -0.287 e. The molecule has 0 radical (unpaired) electrons. The third-order valence-electron chi connectivity index (χ3n) is 14.1. The molecular formula is C60H34BF24NO. The lowest BCUT2D eigenvalue weighted by molar-refractivity contribution is -0.688. The highest BCUT2D eigenvalue weighted by Gasteiger charge is 2.47. The van der Waals surface area contributed by atoms with Crippen LogP contribution in [0.1, 0.15) is 66.1 Å². The van der Waals surface area contributed by atoms with Gasteiger partial charge in [-0.05, 0) is 52.1 Å². The minimum atomic E-state index is -6.13. The number of carbonyl (C=O) groups excluding carboxylic acids is 1. The molecule has 87 heavy (non-hydrogen) atoms. The smallest absolute Gasteiger partial charge is 0.287 e. The Morgan fingerprint density at radius 3 is 0.977 bits per heavy atom. The van der Waals surface area contributed by atoms with Crippen LogP contribution in [0.5, 0.6) is 0 Å². The number of pyridine rings is 1. The van der Waals surface area contributed by atoms with Gasteiger partial charge in [-0.25, -0.2) is 0 Å². The van der Waals surface area contributed by atoms with Gasteiger partial charge in [0.15, 0.2) is 11.9 Å². The predicted molar refractivity (Wildman–Crippen MR) is 272 cm³/mol. The SMILES string of the molecule is FC(F)(F)c1cc([B-](c2cc(C(F)(F)F)cc(C(F)(F)F)c2)(c2cc(C(F)(F)F)cc(C(F)(F)F)c2)c2cc(C(F)(F)F)cc(C(F)(F)F)c2)cc(C(F)(F)F)c1.O=C(C[n+]1ccc2ccccc2c1Cc1ccc2ccccc2c1)c1ccccc1. The normalized spacial score (nSPS) is 13.2. The Morgan fingerprint density at radius 1 is 0.322 bits per heavy atom. The fraction of sp³-hybridized carbons (Fsp3) is 0.167. The summed E-state index contributed by atoms with van der Waals surface area (Å²) >= 11 is 0. The van der Waals surface area contributed by atoms with Crippen LogP contribution in [0.3, 0.4) is 0 Å². The van der Waals surface area contributed by atoms with Crippen LogP contribution >= 0.6 is 0 Å². The van der Waals surface area contributed by atoms with Crippen LogP contribution in [0, 0.1) is 0 Å². The number of nitrogens with zero attached hydrogens (tertiary/aromatic N) is 1. The average molecular weight is 1250 g/mol. The number of rotatable bonds is 9. The van der Waals surface area contributed by atoms with Gasteiger partial charge in [0.1, 0.15) is 6.15 Å². The van der Waals surface area contributed by atoms with E-state index >= 15 is 0 Å². The monoisotopic (exact) mass is 1250 g/mol. The number of alkyl halides is 24. The number of halogens is 24. The first-order valence-corrected chi connectivity index (χ1v) is 24.9. The molecule has 0 spiro atoms. The molecule has 0 unspecified atom stereocenters. The molecule has 27 heteroatoms. The van der Waals surface area contributed by atoms with Gasteiger partial charge in [-0.3, -0.25) is 4.79 Å². The Kier molecular flexibility index (Phi) is 17.0. The second kappa shape index (κ2) is 23.0. The maximum Gasteiger partial charge on any atom is 0.416 e. The van der Waals surface area contributed by atoms with Crippen LogP contribution in [0.25, 0.3) is 21.5 Å². The van der Waals surface area contributed by atoms with Gasteiger partial charge in [0.2, 0.25) is 12.3 Å². The van der Waals surface area contributed by atoms with Crippen molar-refractivity contribution in [1.82, 2.24) is 0 Å². The van der Waals surface area contributed by atoms with E-state index in [1.54, 1.807) is 0 Å². The first-order chi connectivity index (χ1) is 40.0. The van der Waals surface area contributed by atoms with E-state index in [2.05, 4.69) is 77.4 Å². The van der Waals surface area contributed by atoms with E-state index in [1.165, 1.54) is 27.1 Å². The summed E-state index contributed by atoms with van der Waals surface area (Å²) in [7, 11) is 0. The zero-order valence-corrected chi connectivity index (χ0v) is 43.2. The van der Waals surface area contributed by atoms with E-state index in [0.29, 0.717) is 6.54 Å². The Bertz CT molecular complexity index is 3580. The number of fused-ring (bicyclic) bond motifs is 2. The van der Waals surface area contributed by atoms with Crippen molar-refractivity contribution in [3.8, 4) is 0 Å². The van der Waals surface area contributed by atoms with Gasteiger partial charge in [0.05, 0.1) is 50.9 Å². The highest BCUT2D eigenvalue weighted by atomic mass is 19.4. The van der Waals surface area contributed by atoms with Crippen LogP contribution in [0.4, 0.5) is 105 Å². The second-order valence-corrected chi connectivity index (χ2v) is 19.8. The molecule has 0 saturated heterocycles. The Labute approximate surface area is 474 Å². The molecule has 0 bridgehead atoms. The molecular weight excluding hydrogens is 1220 g/mol. The molecule has 0 atom stereocenters. The molecule has 1 aromatic heterocycles. The van der Waals surface area contributed by atoms with Gasteiger partial charge in [0, 0.05) is 17.0 Å². The van der Waals surface area contributed by atoms with Gasteiger partial charge in [-0.15, -0.1) is 0 Å². The van der Waals surface area contributed by atoms with Crippen molar-refractivity contribution < 1.29 is 115 Å². The van der Waals surface area contributed by atoms with Crippen LogP contribution in [0.2, 0.25) is 0 Å². The molecule has 2 nitrogen and oxygen atoms in total. The lowest BCUT2D eigenvalue weighted by Crippen LogP contribution is -2.75. The zero-order chi connectivity index (χ0) is 64.3. The maximum atomic E-state index is 14.2. The Morgan fingerprint density at radius 2 is 0.632 bits per heavy atom. The van der Waals surface area contributed by atoms with Crippen molar-refractivity contribution >= 4 is 55.3 Å². The number of hydrogen-bond donors (Lipinski definition) is 0. The number of aromatic nitrogens is 1. The molecule has 9 rings (SSSR count). The predicted octanol–water partition coefficient (Wildman–Crippen LogP) is 17.0. The van der Waals surface area contributed by atoms with Crippen molar-refractivity contribution in [3.05, 3.63) is 243 Å². The quantitative estimate of drug-likeness (QED) is 0.0611. The number of Topliss-reactive ketones (excluding diaryl/α,β-unsaturated/α-hetero) is 1. The minimum absolute atomic E-state index is 0.121. The third kappa shape index (κ3) is 14.3. The number of benzene rings is 8. The molecule has 0 aliphatic carbocycles. The molecule has 0 aliphatic heterocycles. The number of carbonyl (C=O) groups is 1. The number of ketones is 1. The molecule has 1 heterocycles. The highest BCUT2D eigenvalue weighted by Crippen LogP contribution is 2.42. The van der Waals surface area contributed by atoms with Gasteiger partial charge in [0.25, 0.3) is 0 Å². The molecule has 9 aromatic rings. The van der Waals surface area contributed by atoms with Gasteiger partial charge in [-0.2, -0.15) is 132 Å². The van der Waals surface area contributed by atoms with E-state index in [1.807, 2.05) is 36.5 Å². The van der Waals surface area contributed by atoms with E-state index < -0.39 is 195 Å².